The first-order valence-corrected chi connectivity index (χ1v) is 8.81. The van der Waals surface area contributed by atoms with E-state index in [0.29, 0.717) is 44.4 Å². The first-order valence-electron chi connectivity index (χ1n) is 7.30. The van der Waals surface area contributed by atoms with Gasteiger partial charge in [0.05, 0.1) is 22.9 Å². The zero-order chi connectivity index (χ0) is 18.2. The van der Waals surface area contributed by atoms with Gasteiger partial charge in [0.15, 0.2) is 0 Å². The Kier molecular flexibility index (Phi) is 7.85. The monoisotopic (exact) mass is 418 g/mol. The highest BCUT2D eigenvalue weighted by molar-refractivity contribution is 6.36. The second kappa shape index (κ2) is 9.88. The van der Waals surface area contributed by atoms with Crippen LogP contribution in [0.5, 0.6) is 5.75 Å². The lowest BCUT2D eigenvalue weighted by atomic mass is 10.2. The Hall–Kier alpha value is -1.46. The van der Waals surface area contributed by atoms with E-state index in [1.165, 1.54) is 6.21 Å². The largest absolute Gasteiger partial charge is 0.492 e. The lowest BCUT2D eigenvalue weighted by molar-refractivity contribution is -0.121. The van der Waals surface area contributed by atoms with Gasteiger partial charge in [-0.15, -0.1) is 0 Å². The first-order chi connectivity index (χ1) is 12.0. The summed E-state index contributed by atoms with van der Waals surface area (Å²) in [6, 6.07) is 9.98. The minimum absolute atomic E-state index is 0.230. The van der Waals surface area contributed by atoms with Gasteiger partial charge in [0, 0.05) is 22.0 Å². The van der Waals surface area contributed by atoms with Crippen LogP contribution in [-0.4, -0.2) is 18.7 Å². The Morgan fingerprint density at radius 2 is 1.72 bits per heavy atom. The number of hydrazone groups is 1. The molecule has 0 atom stereocenters. The third kappa shape index (κ3) is 6.75. The third-order valence-corrected chi connectivity index (χ3v) is 4.15. The van der Waals surface area contributed by atoms with E-state index < -0.39 is 0 Å². The number of halogens is 4. The highest BCUT2D eigenvalue weighted by atomic mass is 35.5. The van der Waals surface area contributed by atoms with Crippen LogP contribution in [0, 0.1) is 0 Å². The van der Waals surface area contributed by atoms with Gasteiger partial charge < -0.3 is 4.74 Å². The molecule has 0 fully saturated rings. The number of rotatable bonds is 7. The first kappa shape index (κ1) is 19.9. The summed E-state index contributed by atoms with van der Waals surface area (Å²) in [5.74, 6) is 0.300. The van der Waals surface area contributed by atoms with Crippen LogP contribution in [0.3, 0.4) is 0 Å². The second-order valence-electron chi connectivity index (χ2n) is 4.99. The summed E-state index contributed by atoms with van der Waals surface area (Å²) in [7, 11) is 0. The number of hydrogen-bond acceptors (Lipinski definition) is 3. The maximum Gasteiger partial charge on any atom is 0.240 e. The minimum Gasteiger partial charge on any atom is -0.492 e. The highest BCUT2D eigenvalue weighted by Gasteiger charge is 2.04. The van der Waals surface area contributed by atoms with E-state index in [9.17, 15) is 4.79 Å². The van der Waals surface area contributed by atoms with Crippen molar-refractivity contribution < 1.29 is 9.53 Å². The van der Waals surface area contributed by atoms with Gasteiger partial charge >= 0.3 is 0 Å². The van der Waals surface area contributed by atoms with Gasteiger partial charge in [-0.05, 0) is 36.8 Å². The molecule has 0 aromatic heterocycles. The summed E-state index contributed by atoms with van der Waals surface area (Å²) in [5.41, 5.74) is 3.09. The van der Waals surface area contributed by atoms with Crippen molar-refractivity contribution in [1.82, 2.24) is 5.43 Å². The average molecular weight is 420 g/mol. The second-order valence-corrected chi connectivity index (χ2v) is 6.67. The van der Waals surface area contributed by atoms with Crippen molar-refractivity contribution in [3.05, 3.63) is 62.1 Å². The molecular formula is C17H14Cl4N2O2. The van der Waals surface area contributed by atoms with Gasteiger partial charge in [-0.2, -0.15) is 5.10 Å². The van der Waals surface area contributed by atoms with Crippen molar-refractivity contribution in [3.8, 4) is 5.75 Å². The Bertz CT molecular complexity index is 781. The lowest BCUT2D eigenvalue weighted by Crippen LogP contribution is -2.18. The van der Waals surface area contributed by atoms with E-state index in [2.05, 4.69) is 10.5 Å². The fourth-order valence-electron chi connectivity index (χ4n) is 1.84. The zero-order valence-electron chi connectivity index (χ0n) is 12.9. The van der Waals surface area contributed by atoms with E-state index in [1.54, 1.807) is 36.4 Å². The van der Waals surface area contributed by atoms with Crippen molar-refractivity contribution in [3.63, 3.8) is 0 Å². The molecule has 0 aliphatic heterocycles. The molecule has 1 amide bonds. The van der Waals surface area contributed by atoms with Gasteiger partial charge in [-0.3, -0.25) is 4.79 Å². The average Bonchev–Trinajstić information content (AvgIpc) is 2.55. The molecule has 2 aromatic carbocycles. The van der Waals surface area contributed by atoms with Gasteiger partial charge in [0.2, 0.25) is 5.91 Å². The topological polar surface area (TPSA) is 50.7 Å². The normalized spacial score (nSPS) is 10.9. The van der Waals surface area contributed by atoms with Crippen LogP contribution in [0.25, 0.3) is 0 Å². The Balaban J connectivity index is 1.71. The fourth-order valence-corrected chi connectivity index (χ4v) is 2.76. The number of amides is 1. The molecule has 0 aliphatic carbocycles. The van der Waals surface area contributed by atoms with E-state index in [4.69, 9.17) is 51.1 Å². The Morgan fingerprint density at radius 1 is 1.04 bits per heavy atom. The molecule has 132 valence electrons. The van der Waals surface area contributed by atoms with E-state index in [0.717, 1.165) is 0 Å². The molecule has 25 heavy (non-hydrogen) atoms. The quantitative estimate of drug-likeness (QED) is 0.360. The highest BCUT2D eigenvalue weighted by Crippen LogP contribution is 2.27. The number of carbonyl (C=O) groups excluding carboxylic acids is 1. The smallest absolute Gasteiger partial charge is 0.240 e. The van der Waals surface area contributed by atoms with Crippen molar-refractivity contribution in [2.24, 2.45) is 5.10 Å². The number of nitrogens with one attached hydrogen (secondary N) is 1. The van der Waals surface area contributed by atoms with Crippen molar-refractivity contribution in [1.29, 1.82) is 0 Å². The minimum atomic E-state index is -0.230. The van der Waals surface area contributed by atoms with Crippen LogP contribution >= 0.6 is 46.4 Å². The van der Waals surface area contributed by atoms with Crippen LogP contribution < -0.4 is 10.2 Å². The maximum absolute atomic E-state index is 11.7. The summed E-state index contributed by atoms with van der Waals surface area (Å²) in [6.45, 7) is 0.349. The molecule has 0 saturated heterocycles. The molecule has 0 radical (unpaired) electrons. The Labute approximate surface area is 165 Å². The van der Waals surface area contributed by atoms with Crippen LogP contribution in [0.4, 0.5) is 0 Å². The fraction of sp³-hybridized carbons (Fsp3) is 0.176. The molecule has 2 aromatic rings. The lowest BCUT2D eigenvalue weighted by Gasteiger charge is -2.07. The van der Waals surface area contributed by atoms with Gasteiger partial charge in [0.25, 0.3) is 0 Å². The van der Waals surface area contributed by atoms with E-state index in [-0.39, 0.29) is 12.3 Å². The van der Waals surface area contributed by atoms with Crippen molar-refractivity contribution in [2.75, 3.05) is 6.61 Å². The predicted molar refractivity (Wildman–Crippen MR) is 103 cm³/mol. The van der Waals surface area contributed by atoms with Gasteiger partial charge in [-0.1, -0.05) is 52.5 Å². The predicted octanol–water partition coefficient (Wildman–Crippen LogP) is 5.61. The summed E-state index contributed by atoms with van der Waals surface area (Å²) in [5, 5.41) is 5.82. The molecule has 0 saturated carbocycles. The van der Waals surface area contributed by atoms with Gasteiger partial charge in [-0.25, -0.2) is 5.43 Å². The summed E-state index contributed by atoms with van der Waals surface area (Å²) in [6.07, 6.45) is 2.24. The molecule has 0 spiro atoms. The zero-order valence-corrected chi connectivity index (χ0v) is 16.0. The summed E-state index contributed by atoms with van der Waals surface area (Å²) >= 11 is 23.6. The molecule has 1 N–H and O–H groups in total. The van der Waals surface area contributed by atoms with Crippen LogP contribution in [0.1, 0.15) is 18.4 Å². The maximum atomic E-state index is 11.7. The number of carbonyl (C=O) groups is 1. The van der Waals surface area contributed by atoms with Crippen molar-refractivity contribution in [2.45, 2.75) is 12.8 Å². The van der Waals surface area contributed by atoms with Gasteiger partial charge in [0.1, 0.15) is 5.75 Å². The molecule has 2 rings (SSSR count). The number of ether oxygens (including phenoxy) is 1. The number of hydrogen-bond donors (Lipinski definition) is 1. The number of nitrogens with zero attached hydrogens (tertiary/aromatic N) is 1. The van der Waals surface area contributed by atoms with E-state index in [1.807, 2.05) is 0 Å². The van der Waals surface area contributed by atoms with Crippen LogP contribution in [-0.2, 0) is 4.79 Å². The number of benzene rings is 2. The van der Waals surface area contributed by atoms with E-state index >= 15 is 0 Å². The Morgan fingerprint density at radius 3 is 2.40 bits per heavy atom. The summed E-state index contributed by atoms with van der Waals surface area (Å²) in [4.78, 5) is 11.7. The molecule has 0 unspecified atom stereocenters. The third-order valence-electron chi connectivity index (χ3n) is 3.06. The standard InChI is InChI=1S/C17H14Cl4N2O2/c18-12-4-3-11(14(20)8-12)10-22-23-17(24)2-1-7-25-16-6-5-13(19)9-15(16)21/h3-6,8-10H,1-2,7H2,(H,23,24). The van der Waals surface area contributed by atoms with Crippen molar-refractivity contribution >= 4 is 58.5 Å². The molecule has 4 nitrogen and oxygen atoms in total. The van der Waals surface area contributed by atoms with Crippen LogP contribution in [0.15, 0.2) is 41.5 Å². The van der Waals surface area contributed by atoms with Crippen LogP contribution in [0.2, 0.25) is 20.1 Å². The molecule has 0 bridgehead atoms. The summed E-state index contributed by atoms with van der Waals surface area (Å²) < 4.78 is 5.50. The molecule has 8 heteroatoms. The SMILES string of the molecule is O=C(CCCOc1ccc(Cl)cc1Cl)NN=Cc1ccc(Cl)cc1Cl. The molecule has 0 heterocycles. The molecular weight excluding hydrogens is 406 g/mol. The molecule has 0 aliphatic rings.